The van der Waals surface area contributed by atoms with Gasteiger partial charge >= 0.3 is 5.97 Å². The van der Waals surface area contributed by atoms with E-state index in [1.54, 1.807) is 14.2 Å². The van der Waals surface area contributed by atoms with Gasteiger partial charge in [-0.05, 0) is 22.0 Å². The topological polar surface area (TPSA) is 56.8 Å². The molecule has 2 rings (SSSR count). The number of carbonyl (C=O) groups is 1. The molecule has 0 radical (unpaired) electrons. The molecule has 5 nitrogen and oxygen atoms in total. The summed E-state index contributed by atoms with van der Waals surface area (Å²) in [4.78, 5) is 11.6. The normalized spacial score (nSPS) is 25.6. The number of nitrogens with one attached hydrogen (secondary N) is 1. The Morgan fingerprint density at radius 3 is 2.26 bits per heavy atom. The van der Waals surface area contributed by atoms with Crippen molar-refractivity contribution in [3.05, 3.63) is 32.3 Å². The summed E-state index contributed by atoms with van der Waals surface area (Å²) in [6, 6.07) is -0.114. The van der Waals surface area contributed by atoms with Crippen LogP contribution in [0.4, 0.5) is 0 Å². The van der Waals surface area contributed by atoms with Gasteiger partial charge in [0.2, 0.25) is 0 Å². The molecule has 0 saturated heterocycles. The summed E-state index contributed by atoms with van der Waals surface area (Å²) in [5, 5.41) is 3.11. The van der Waals surface area contributed by atoms with E-state index >= 15 is 0 Å². The Balaban J connectivity index is 2.44. The molecule has 7 heteroatoms. The minimum atomic E-state index is -0.395. The highest BCUT2D eigenvalue weighted by molar-refractivity contribution is 9.12. The molecule has 0 fully saturated rings. The van der Waals surface area contributed by atoms with Crippen molar-refractivity contribution in [2.75, 3.05) is 21.3 Å². The molecule has 0 saturated carbocycles. The van der Waals surface area contributed by atoms with Gasteiger partial charge in [0.05, 0.1) is 36.3 Å². The first-order valence-corrected chi connectivity index (χ1v) is 7.08. The van der Waals surface area contributed by atoms with Gasteiger partial charge < -0.3 is 19.5 Å². The molecule has 1 aliphatic carbocycles. The van der Waals surface area contributed by atoms with Crippen molar-refractivity contribution in [1.29, 1.82) is 0 Å². The summed E-state index contributed by atoms with van der Waals surface area (Å²) in [7, 11) is 4.49. The van der Waals surface area contributed by atoms with Crippen LogP contribution in [0.25, 0.3) is 0 Å². The monoisotopic (exact) mass is 393 g/mol. The van der Waals surface area contributed by atoms with E-state index in [4.69, 9.17) is 14.2 Å². The van der Waals surface area contributed by atoms with E-state index in [0.29, 0.717) is 17.2 Å². The molecule has 0 spiro atoms. The Morgan fingerprint density at radius 1 is 1.16 bits per heavy atom. The molecule has 2 atom stereocenters. The number of fused-ring (bicyclic) bond motifs is 1. The lowest BCUT2D eigenvalue weighted by Gasteiger charge is -2.28. The van der Waals surface area contributed by atoms with E-state index in [9.17, 15) is 4.79 Å². The van der Waals surface area contributed by atoms with Crippen LogP contribution in [-0.4, -0.2) is 33.3 Å². The molecular weight excluding hydrogens is 382 g/mol. The van der Waals surface area contributed by atoms with E-state index in [-0.39, 0.29) is 12.0 Å². The highest BCUT2D eigenvalue weighted by atomic mass is 79.9. The smallest absolute Gasteiger partial charge is 0.353 e. The van der Waals surface area contributed by atoms with Crippen LogP contribution in [0.15, 0.2) is 32.3 Å². The average molecular weight is 395 g/mol. The first-order valence-electron chi connectivity index (χ1n) is 5.49. The van der Waals surface area contributed by atoms with Gasteiger partial charge in [0.15, 0.2) is 11.5 Å². The summed E-state index contributed by atoms with van der Waals surface area (Å²) < 4.78 is 17.1. The number of ether oxygens (including phenoxy) is 3. The van der Waals surface area contributed by atoms with Crippen molar-refractivity contribution in [1.82, 2.24) is 5.32 Å². The average Bonchev–Trinajstić information content (AvgIpc) is 2.87. The van der Waals surface area contributed by atoms with E-state index < -0.39 is 5.97 Å². The third-order valence-electron chi connectivity index (χ3n) is 3.04. The molecule has 0 amide bonds. The molecule has 0 aromatic rings. The predicted octanol–water partition coefficient (Wildman–Crippen LogP) is 2.15. The third-order valence-corrected chi connectivity index (χ3v) is 4.78. The molecule has 0 bridgehead atoms. The quantitative estimate of drug-likeness (QED) is 0.743. The summed E-state index contributed by atoms with van der Waals surface area (Å²) in [6.45, 7) is 0. The fourth-order valence-electron chi connectivity index (χ4n) is 2.15. The molecular formula is C12H13Br2NO4. The van der Waals surface area contributed by atoms with Crippen molar-refractivity contribution in [3.8, 4) is 0 Å². The zero-order valence-corrected chi connectivity index (χ0v) is 13.8. The fourth-order valence-corrected chi connectivity index (χ4v) is 3.63. The second kappa shape index (κ2) is 5.58. The standard InChI is InChI=1S/C12H13Br2NO4/c1-17-10-7(13)5-4-6(12(16)19-3)15-9(5)8(14)11(10)18-2/h4-5,9,15H,1-3H3. The van der Waals surface area contributed by atoms with Crippen molar-refractivity contribution in [2.24, 2.45) is 5.92 Å². The van der Waals surface area contributed by atoms with Crippen LogP contribution in [-0.2, 0) is 19.0 Å². The molecule has 0 aromatic heterocycles. The van der Waals surface area contributed by atoms with E-state index in [2.05, 4.69) is 37.2 Å². The number of hydrogen-bond acceptors (Lipinski definition) is 5. The molecule has 1 heterocycles. The second-order valence-electron chi connectivity index (χ2n) is 3.98. The molecule has 104 valence electrons. The van der Waals surface area contributed by atoms with Gasteiger partial charge in [-0.15, -0.1) is 0 Å². The van der Waals surface area contributed by atoms with Gasteiger partial charge in [0.25, 0.3) is 0 Å². The number of esters is 1. The predicted molar refractivity (Wildman–Crippen MR) is 76.4 cm³/mol. The van der Waals surface area contributed by atoms with Crippen molar-refractivity contribution >= 4 is 37.8 Å². The van der Waals surface area contributed by atoms with Gasteiger partial charge in [0, 0.05) is 5.92 Å². The van der Waals surface area contributed by atoms with E-state index in [1.165, 1.54) is 7.11 Å². The third kappa shape index (κ3) is 2.29. The first kappa shape index (κ1) is 14.5. The van der Waals surface area contributed by atoms with Gasteiger partial charge in [-0.2, -0.15) is 0 Å². The molecule has 2 unspecified atom stereocenters. The largest absolute Gasteiger partial charge is 0.492 e. The fraction of sp³-hybridized carbons (Fsp3) is 0.417. The number of methoxy groups -OCH3 is 3. The summed E-state index contributed by atoms with van der Waals surface area (Å²) in [5.41, 5.74) is 0.430. The number of rotatable bonds is 3. The van der Waals surface area contributed by atoms with Crippen molar-refractivity contribution in [2.45, 2.75) is 6.04 Å². The van der Waals surface area contributed by atoms with Gasteiger partial charge in [-0.25, -0.2) is 4.79 Å². The van der Waals surface area contributed by atoms with Crippen LogP contribution in [0.1, 0.15) is 0 Å². The molecule has 2 aliphatic rings. The van der Waals surface area contributed by atoms with Gasteiger partial charge in [0.1, 0.15) is 5.70 Å². The Bertz CT molecular complexity index is 510. The molecule has 19 heavy (non-hydrogen) atoms. The Hall–Kier alpha value is -0.950. The van der Waals surface area contributed by atoms with Crippen LogP contribution in [0.5, 0.6) is 0 Å². The number of carbonyl (C=O) groups excluding carboxylic acids is 1. The van der Waals surface area contributed by atoms with Crippen molar-refractivity contribution < 1.29 is 19.0 Å². The Kier molecular flexibility index (Phi) is 4.25. The highest BCUT2D eigenvalue weighted by Crippen LogP contribution is 2.44. The Morgan fingerprint density at radius 2 is 1.74 bits per heavy atom. The van der Waals surface area contributed by atoms with Crippen LogP contribution >= 0.6 is 31.9 Å². The maximum atomic E-state index is 11.6. The molecule has 1 N–H and O–H groups in total. The summed E-state index contributed by atoms with van der Waals surface area (Å²) >= 11 is 7.01. The minimum absolute atomic E-state index is 0.0441. The second-order valence-corrected chi connectivity index (χ2v) is 5.69. The lowest BCUT2D eigenvalue weighted by Crippen LogP contribution is -2.34. The lowest BCUT2D eigenvalue weighted by atomic mass is 9.95. The number of hydrogen-bond donors (Lipinski definition) is 1. The van der Waals surface area contributed by atoms with Crippen LogP contribution < -0.4 is 5.32 Å². The molecule has 1 aliphatic heterocycles. The zero-order chi connectivity index (χ0) is 14.2. The SMILES string of the molecule is COC(=O)C1=CC2C(Br)=C(OC)C(OC)=C(Br)C2N1. The van der Waals surface area contributed by atoms with Crippen LogP contribution in [0.3, 0.4) is 0 Å². The summed E-state index contributed by atoms with van der Waals surface area (Å²) in [6.07, 6.45) is 1.81. The van der Waals surface area contributed by atoms with Gasteiger partial charge in [-0.3, -0.25) is 0 Å². The maximum absolute atomic E-state index is 11.6. The number of halogens is 2. The van der Waals surface area contributed by atoms with Gasteiger partial charge in [-0.1, -0.05) is 15.9 Å². The van der Waals surface area contributed by atoms with E-state index in [0.717, 1.165) is 8.96 Å². The lowest BCUT2D eigenvalue weighted by molar-refractivity contribution is -0.136. The highest BCUT2D eigenvalue weighted by Gasteiger charge is 2.41. The van der Waals surface area contributed by atoms with Crippen LogP contribution in [0.2, 0.25) is 0 Å². The summed E-state index contributed by atoms with van der Waals surface area (Å²) in [5.74, 6) is 0.771. The Labute approximate surface area is 127 Å². The zero-order valence-electron chi connectivity index (χ0n) is 10.6. The van der Waals surface area contributed by atoms with Crippen molar-refractivity contribution in [3.63, 3.8) is 0 Å². The first-order chi connectivity index (χ1) is 9.04. The maximum Gasteiger partial charge on any atom is 0.353 e. The van der Waals surface area contributed by atoms with E-state index in [1.807, 2.05) is 6.08 Å². The molecule has 0 aromatic carbocycles. The minimum Gasteiger partial charge on any atom is -0.492 e. The van der Waals surface area contributed by atoms with Crippen LogP contribution in [0, 0.1) is 5.92 Å².